The van der Waals surface area contributed by atoms with Gasteiger partial charge in [-0.1, -0.05) is 0 Å². The monoisotopic (exact) mass is 422 g/mol. The summed E-state index contributed by atoms with van der Waals surface area (Å²) >= 11 is 0. The number of carbonyl (C=O) groups is 2. The highest BCUT2D eigenvalue weighted by Crippen LogP contribution is 2.37. The van der Waals surface area contributed by atoms with E-state index >= 15 is 0 Å². The fourth-order valence-electron chi connectivity index (χ4n) is 1.63. The SMILES string of the molecule is COC(=O)CNC(=O)CNS(=O)(=O)c1cc(C(F)(F)F)cc(C(F)(F)F)c1. The van der Waals surface area contributed by atoms with Crippen LogP contribution in [0.1, 0.15) is 11.1 Å². The predicted molar refractivity (Wildman–Crippen MR) is 76.7 cm³/mol. The van der Waals surface area contributed by atoms with Crippen molar-refractivity contribution in [3.05, 3.63) is 29.3 Å². The second kappa shape index (κ2) is 8.12. The lowest BCUT2D eigenvalue weighted by molar-refractivity contribution is -0.143. The molecule has 0 unspecified atom stereocenters. The first-order chi connectivity index (χ1) is 12.2. The molecule has 1 amide bonds. The normalized spacial score (nSPS) is 12.6. The van der Waals surface area contributed by atoms with E-state index in [1.165, 1.54) is 0 Å². The van der Waals surface area contributed by atoms with Gasteiger partial charge in [0, 0.05) is 0 Å². The van der Waals surface area contributed by atoms with Crippen LogP contribution < -0.4 is 10.0 Å². The summed E-state index contributed by atoms with van der Waals surface area (Å²) < 4.78 is 106. The Hall–Kier alpha value is -2.35. The minimum absolute atomic E-state index is 0.00390. The number of alkyl halides is 6. The molecule has 152 valence electrons. The van der Waals surface area contributed by atoms with E-state index < -0.39 is 63.4 Å². The minimum atomic E-state index is -5.23. The molecular formula is C13H12F6N2O5S. The number of nitrogens with one attached hydrogen (secondary N) is 2. The van der Waals surface area contributed by atoms with E-state index in [9.17, 15) is 44.3 Å². The molecular weight excluding hydrogens is 410 g/mol. The summed E-state index contributed by atoms with van der Waals surface area (Å²) in [6.07, 6.45) is -10.5. The van der Waals surface area contributed by atoms with Crippen molar-refractivity contribution in [3.63, 3.8) is 0 Å². The number of hydrogen-bond acceptors (Lipinski definition) is 5. The lowest BCUT2D eigenvalue weighted by Crippen LogP contribution is -2.39. The first-order valence-electron chi connectivity index (χ1n) is 6.79. The molecule has 0 bridgehead atoms. The molecule has 7 nitrogen and oxygen atoms in total. The van der Waals surface area contributed by atoms with Crippen LogP contribution in [0.4, 0.5) is 26.3 Å². The van der Waals surface area contributed by atoms with Gasteiger partial charge in [-0.05, 0) is 18.2 Å². The molecule has 0 spiro atoms. The van der Waals surface area contributed by atoms with Gasteiger partial charge in [0.1, 0.15) is 6.54 Å². The van der Waals surface area contributed by atoms with Gasteiger partial charge in [-0.25, -0.2) is 13.1 Å². The van der Waals surface area contributed by atoms with Crippen LogP contribution in [0.15, 0.2) is 23.1 Å². The standard InChI is InChI=1S/C13H12F6N2O5S/c1-26-11(23)6-20-10(22)5-21-27(24,25)9-3-7(12(14,15)16)2-8(4-9)13(17,18)19/h2-4,21H,5-6H2,1H3,(H,20,22). The number of methoxy groups -OCH3 is 1. The Bertz CT molecular complexity index is 787. The van der Waals surface area contributed by atoms with Crippen LogP contribution in [-0.2, 0) is 36.7 Å². The molecule has 0 saturated carbocycles. The van der Waals surface area contributed by atoms with E-state index in [-0.39, 0.29) is 18.2 Å². The zero-order chi connectivity index (χ0) is 21.0. The summed E-state index contributed by atoms with van der Waals surface area (Å²) in [5, 5.41) is 1.93. The summed E-state index contributed by atoms with van der Waals surface area (Å²) in [7, 11) is -3.88. The smallest absolute Gasteiger partial charge is 0.416 e. The molecule has 0 aliphatic heterocycles. The van der Waals surface area contributed by atoms with E-state index in [1.807, 2.05) is 5.32 Å². The van der Waals surface area contributed by atoms with E-state index in [0.29, 0.717) is 0 Å². The van der Waals surface area contributed by atoms with Crippen molar-refractivity contribution >= 4 is 21.9 Å². The fourth-order valence-corrected chi connectivity index (χ4v) is 2.68. The van der Waals surface area contributed by atoms with Crippen LogP contribution in [0.25, 0.3) is 0 Å². The van der Waals surface area contributed by atoms with Crippen molar-refractivity contribution in [1.29, 1.82) is 0 Å². The Balaban J connectivity index is 3.08. The van der Waals surface area contributed by atoms with Crippen molar-refractivity contribution in [1.82, 2.24) is 10.0 Å². The number of benzene rings is 1. The number of halogens is 6. The molecule has 0 aliphatic carbocycles. The molecule has 14 heteroatoms. The number of amides is 1. The molecule has 1 rings (SSSR count). The van der Waals surface area contributed by atoms with Crippen LogP contribution >= 0.6 is 0 Å². The van der Waals surface area contributed by atoms with Gasteiger partial charge in [0.2, 0.25) is 15.9 Å². The number of sulfonamides is 1. The van der Waals surface area contributed by atoms with Gasteiger partial charge in [-0.15, -0.1) is 0 Å². The van der Waals surface area contributed by atoms with E-state index in [1.54, 1.807) is 4.72 Å². The molecule has 0 atom stereocenters. The molecule has 0 radical (unpaired) electrons. The van der Waals surface area contributed by atoms with Gasteiger partial charge in [0.05, 0.1) is 29.7 Å². The van der Waals surface area contributed by atoms with Gasteiger partial charge >= 0.3 is 18.3 Å². The van der Waals surface area contributed by atoms with E-state index in [4.69, 9.17) is 0 Å². The van der Waals surface area contributed by atoms with Crippen molar-refractivity contribution < 1.29 is 49.1 Å². The van der Waals surface area contributed by atoms with Crippen molar-refractivity contribution in [2.24, 2.45) is 0 Å². The Morgan fingerprint density at radius 2 is 1.44 bits per heavy atom. The number of hydrogen-bond donors (Lipinski definition) is 2. The van der Waals surface area contributed by atoms with Gasteiger partial charge in [0.25, 0.3) is 0 Å². The van der Waals surface area contributed by atoms with Crippen LogP contribution in [0.3, 0.4) is 0 Å². The highest BCUT2D eigenvalue weighted by Gasteiger charge is 2.38. The first kappa shape index (κ1) is 22.7. The fraction of sp³-hybridized carbons (Fsp3) is 0.385. The van der Waals surface area contributed by atoms with E-state index in [0.717, 1.165) is 7.11 Å². The topological polar surface area (TPSA) is 102 Å². The number of esters is 1. The predicted octanol–water partition coefficient (Wildman–Crippen LogP) is 1.29. The van der Waals surface area contributed by atoms with Crippen molar-refractivity contribution in [2.75, 3.05) is 20.2 Å². The summed E-state index contributed by atoms with van der Waals surface area (Å²) in [6.45, 7) is -1.64. The molecule has 27 heavy (non-hydrogen) atoms. The lowest BCUT2D eigenvalue weighted by atomic mass is 10.1. The van der Waals surface area contributed by atoms with Crippen LogP contribution in [0.5, 0.6) is 0 Å². The average molecular weight is 422 g/mol. The molecule has 1 aromatic rings. The lowest BCUT2D eigenvalue weighted by Gasteiger charge is -2.14. The second-order valence-corrected chi connectivity index (χ2v) is 6.69. The number of carbonyl (C=O) groups excluding carboxylic acids is 2. The number of ether oxygens (including phenoxy) is 1. The third-order valence-electron chi connectivity index (χ3n) is 2.95. The first-order valence-corrected chi connectivity index (χ1v) is 8.28. The van der Waals surface area contributed by atoms with Gasteiger partial charge < -0.3 is 10.1 Å². The summed E-state index contributed by atoms with van der Waals surface area (Å²) in [5.74, 6) is -1.93. The van der Waals surface area contributed by atoms with E-state index in [2.05, 4.69) is 4.74 Å². The zero-order valence-electron chi connectivity index (χ0n) is 13.4. The third-order valence-corrected chi connectivity index (χ3v) is 4.33. The maximum absolute atomic E-state index is 12.8. The third kappa shape index (κ3) is 6.71. The van der Waals surface area contributed by atoms with Gasteiger partial charge in [0.15, 0.2) is 0 Å². The largest absolute Gasteiger partial charge is 0.468 e. The quantitative estimate of drug-likeness (QED) is 0.532. The summed E-state index contributed by atoms with van der Waals surface area (Å²) in [4.78, 5) is 20.9. The Kier molecular flexibility index (Phi) is 6.83. The number of rotatable bonds is 6. The van der Waals surface area contributed by atoms with Gasteiger partial charge in [-0.2, -0.15) is 26.3 Å². The minimum Gasteiger partial charge on any atom is -0.468 e. The Labute approximate surface area is 148 Å². The average Bonchev–Trinajstić information content (AvgIpc) is 2.55. The molecule has 0 aromatic heterocycles. The molecule has 2 N–H and O–H groups in total. The molecule has 0 heterocycles. The highest BCUT2D eigenvalue weighted by atomic mass is 32.2. The van der Waals surface area contributed by atoms with Crippen LogP contribution in [-0.4, -0.2) is 40.5 Å². The summed E-state index contributed by atoms with van der Waals surface area (Å²) in [5.41, 5.74) is -3.65. The molecule has 0 aliphatic rings. The zero-order valence-corrected chi connectivity index (χ0v) is 14.2. The molecule has 1 aromatic carbocycles. The Morgan fingerprint density at radius 3 is 1.85 bits per heavy atom. The molecule has 0 saturated heterocycles. The molecule has 0 fully saturated rings. The Morgan fingerprint density at radius 1 is 0.963 bits per heavy atom. The second-order valence-electron chi connectivity index (χ2n) is 4.92. The maximum Gasteiger partial charge on any atom is 0.416 e. The van der Waals surface area contributed by atoms with Crippen LogP contribution in [0.2, 0.25) is 0 Å². The van der Waals surface area contributed by atoms with Crippen molar-refractivity contribution in [2.45, 2.75) is 17.2 Å². The highest BCUT2D eigenvalue weighted by molar-refractivity contribution is 7.89. The van der Waals surface area contributed by atoms with Gasteiger partial charge in [-0.3, -0.25) is 9.59 Å². The summed E-state index contributed by atoms with van der Waals surface area (Å²) in [6, 6.07) is -0.226. The maximum atomic E-state index is 12.8. The van der Waals surface area contributed by atoms with Crippen LogP contribution in [0, 0.1) is 0 Å². The van der Waals surface area contributed by atoms with Crippen molar-refractivity contribution in [3.8, 4) is 0 Å².